The summed E-state index contributed by atoms with van der Waals surface area (Å²) in [4.78, 5) is 10.5. The number of rotatable bonds is 9. The number of nitrogens with zero attached hydrogens (tertiary/aromatic N) is 1. The van der Waals surface area contributed by atoms with Crippen LogP contribution in [0.15, 0.2) is 42.7 Å². The third-order valence-electron chi connectivity index (χ3n) is 3.85. The van der Waals surface area contributed by atoms with Gasteiger partial charge in [0, 0.05) is 25.0 Å². The molecule has 0 amide bonds. The molecule has 2 rings (SSSR count). The quantitative estimate of drug-likeness (QED) is 0.560. The summed E-state index contributed by atoms with van der Waals surface area (Å²) in [6.07, 6.45) is 9.86. The summed E-state index contributed by atoms with van der Waals surface area (Å²) >= 11 is 0. The normalized spacial score (nSPS) is 10.8. The van der Waals surface area contributed by atoms with Crippen molar-refractivity contribution in [2.45, 2.75) is 25.8 Å². The fourth-order valence-corrected chi connectivity index (χ4v) is 2.45. The van der Waals surface area contributed by atoms with E-state index in [0.29, 0.717) is 17.9 Å². The number of hydrogen-bond acceptors (Lipinski definition) is 3. The zero-order valence-electron chi connectivity index (χ0n) is 14.6. The average Bonchev–Trinajstić information content (AvgIpc) is 2.64. The molecule has 5 heteroatoms. The Kier molecular flexibility index (Phi) is 7.01. The van der Waals surface area contributed by atoms with Crippen LogP contribution in [0.2, 0.25) is 0 Å². The smallest absolute Gasteiger partial charge is 0.303 e. The van der Waals surface area contributed by atoms with Crippen molar-refractivity contribution in [1.82, 2.24) is 0 Å². The molecule has 0 aliphatic heterocycles. The highest BCUT2D eigenvalue weighted by Gasteiger charge is 2.04. The molecule has 0 spiro atoms. The molecule has 0 unspecified atom stereocenters. The third kappa shape index (κ3) is 5.95. The number of aryl methyl sites for hydroxylation is 1. The lowest BCUT2D eigenvalue weighted by Gasteiger charge is -2.07. The minimum Gasteiger partial charge on any atom is -0.493 e. The van der Waals surface area contributed by atoms with Gasteiger partial charge in [0.1, 0.15) is 6.54 Å². The lowest BCUT2D eigenvalue weighted by molar-refractivity contribution is -0.697. The predicted octanol–water partition coefficient (Wildman–Crippen LogP) is 3.42. The molecule has 132 valence electrons. The Labute approximate surface area is 148 Å². The van der Waals surface area contributed by atoms with Gasteiger partial charge in [0.25, 0.3) is 0 Å². The molecule has 0 saturated heterocycles. The first kappa shape index (κ1) is 18.5. The summed E-state index contributed by atoms with van der Waals surface area (Å²) in [6.45, 7) is 0.826. The van der Waals surface area contributed by atoms with Crippen molar-refractivity contribution < 1.29 is 23.9 Å². The van der Waals surface area contributed by atoms with Crippen molar-refractivity contribution >= 4 is 18.1 Å². The summed E-state index contributed by atoms with van der Waals surface area (Å²) in [5.74, 6) is 0.681. The summed E-state index contributed by atoms with van der Waals surface area (Å²) in [5.41, 5.74) is 2.12. The molecule has 0 radical (unpaired) electrons. The van der Waals surface area contributed by atoms with E-state index >= 15 is 0 Å². The van der Waals surface area contributed by atoms with Crippen LogP contribution in [0.25, 0.3) is 12.2 Å². The molecular formula is C20H24NO4+. The van der Waals surface area contributed by atoms with Crippen LogP contribution in [-0.2, 0) is 11.3 Å². The second-order valence-electron chi connectivity index (χ2n) is 5.67. The van der Waals surface area contributed by atoms with E-state index in [-0.39, 0.29) is 6.42 Å². The van der Waals surface area contributed by atoms with Gasteiger partial charge in [-0.05, 0) is 29.7 Å². The highest BCUT2D eigenvalue weighted by molar-refractivity contribution is 5.70. The van der Waals surface area contributed by atoms with E-state index in [1.54, 1.807) is 14.2 Å². The number of carboxylic acid groups (broad SMARTS) is 1. The molecule has 1 N–H and O–H groups in total. The SMILES string of the molecule is COc1ccc(/C=C\c2cc[n+](CCCCC(=O)O)cc2)cc1OC. The van der Waals surface area contributed by atoms with Gasteiger partial charge in [0.2, 0.25) is 0 Å². The van der Waals surface area contributed by atoms with Gasteiger partial charge in [-0.15, -0.1) is 0 Å². The Morgan fingerprint density at radius 2 is 1.68 bits per heavy atom. The zero-order chi connectivity index (χ0) is 18.1. The molecule has 5 nitrogen and oxygen atoms in total. The van der Waals surface area contributed by atoms with E-state index in [2.05, 4.69) is 4.57 Å². The number of carboxylic acids is 1. The fourth-order valence-electron chi connectivity index (χ4n) is 2.45. The van der Waals surface area contributed by atoms with Crippen molar-refractivity contribution in [1.29, 1.82) is 0 Å². The van der Waals surface area contributed by atoms with Crippen molar-refractivity contribution in [3.8, 4) is 11.5 Å². The Balaban J connectivity index is 1.94. The van der Waals surface area contributed by atoms with Crippen molar-refractivity contribution in [2.24, 2.45) is 0 Å². The first-order valence-electron chi connectivity index (χ1n) is 8.23. The molecule has 0 atom stereocenters. The molecule has 1 aromatic carbocycles. The topological polar surface area (TPSA) is 59.6 Å². The Morgan fingerprint density at radius 1 is 1.00 bits per heavy atom. The molecule has 0 fully saturated rings. The standard InChI is InChI=1S/C20H23NO4/c1-24-18-9-8-17(15-19(18)25-2)7-6-16-10-13-21(14-11-16)12-4-3-5-20(22)23/h6-11,13-15H,3-5,12H2,1-2H3/p+1/b7-6-. The number of aliphatic carboxylic acids is 1. The van der Waals surface area contributed by atoms with Crippen LogP contribution < -0.4 is 14.0 Å². The second-order valence-corrected chi connectivity index (χ2v) is 5.67. The van der Waals surface area contributed by atoms with Crippen LogP contribution in [-0.4, -0.2) is 25.3 Å². The van der Waals surface area contributed by atoms with E-state index in [9.17, 15) is 4.79 Å². The molecule has 1 heterocycles. The maximum Gasteiger partial charge on any atom is 0.303 e. The van der Waals surface area contributed by atoms with Crippen LogP contribution in [0.1, 0.15) is 30.4 Å². The first-order valence-corrected chi connectivity index (χ1v) is 8.23. The first-order chi connectivity index (χ1) is 12.1. The van der Waals surface area contributed by atoms with E-state index in [1.807, 2.05) is 54.9 Å². The van der Waals surface area contributed by atoms with Crippen molar-refractivity contribution in [3.63, 3.8) is 0 Å². The summed E-state index contributed by atoms with van der Waals surface area (Å²) in [5, 5.41) is 8.63. The van der Waals surface area contributed by atoms with Crippen LogP contribution in [0, 0.1) is 0 Å². The summed E-state index contributed by atoms with van der Waals surface area (Å²) < 4.78 is 12.6. The molecule has 2 aromatic rings. The Bertz CT molecular complexity index is 723. The largest absolute Gasteiger partial charge is 0.493 e. The number of unbranched alkanes of at least 4 members (excludes halogenated alkanes) is 1. The Morgan fingerprint density at radius 3 is 2.32 bits per heavy atom. The predicted molar refractivity (Wildman–Crippen MR) is 96.6 cm³/mol. The lowest BCUT2D eigenvalue weighted by Crippen LogP contribution is -2.32. The summed E-state index contributed by atoms with van der Waals surface area (Å²) in [7, 11) is 3.24. The van der Waals surface area contributed by atoms with Gasteiger partial charge in [-0.2, -0.15) is 0 Å². The highest BCUT2D eigenvalue weighted by atomic mass is 16.5. The van der Waals surface area contributed by atoms with Gasteiger partial charge in [-0.1, -0.05) is 18.2 Å². The van der Waals surface area contributed by atoms with Gasteiger partial charge in [-0.3, -0.25) is 4.79 Å². The van der Waals surface area contributed by atoms with Gasteiger partial charge in [0.05, 0.1) is 14.2 Å². The van der Waals surface area contributed by atoms with Gasteiger partial charge in [-0.25, -0.2) is 4.57 Å². The monoisotopic (exact) mass is 342 g/mol. The van der Waals surface area contributed by atoms with Crippen molar-refractivity contribution in [2.75, 3.05) is 14.2 Å². The van der Waals surface area contributed by atoms with E-state index in [4.69, 9.17) is 14.6 Å². The maximum absolute atomic E-state index is 10.5. The van der Waals surface area contributed by atoms with E-state index in [0.717, 1.165) is 24.1 Å². The van der Waals surface area contributed by atoms with Crippen LogP contribution >= 0.6 is 0 Å². The number of hydrogen-bond donors (Lipinski definition) is 1. The zero-order valence-corrected chi connectivity index (χ0v) is 14.6. The molecule has 1 aromatic heterocycles. The van der Waals surface area contributed by atoms with E-state index in [1.165, 1.54) is 0 Å². The minimum absolute atomic E-state index is 0.229. The van der Waals surface area contributed by atoms with Gasteiger partial charge in [0.15, 0.2) is 23.9 Å². The lowest BCUT2D eigenvalue weighted by atomic mass is 10.1. The van der Waals surface area contributed by atoms with Gasteiger partial charge < -0.3 is 14.6 Å². The molecule has 0 aliphatic carbocycles. The fraction of sp³-hybridized carbons (Fsp3) is 0.300. The molecule has 0 bridgehead atoms. The molecular weight excluding hydrogens is 318 g/mol. The van der Waals surface area contributed by atoms with Crippen molar-refractivity contribution in [3.05, 3.63) is 53.9 Å². The van der Waals surface area contributed by atoms with Crippen LogP contribution in [0.3, 0.4) is 0 Å². The number of benzene rings is 1. The number of methoxy groups -OCH3 is 2. The van der Waals surface area contributed by atoms with E-state index < -0.39 is 5.97 Å². The number of carbonyl (C=O) groups is 1. The summed E-state index contributed by atoms with van der Waals surface area (Å²) in [6, 6.07) is 9.86. The third-order valence-corrected chi connectivity index (χ3v) is 3.85. The molecule has 0 aliphatic rings. The Hall–Kier alpha value is -2.82. The maximum atomic E-state index is 10.5. The van der Waals surface area contributed by atoms with Gasteiger partial charge >= 0.3 is 5.97 Å². The number of aromatic nitrogens is 1. The molecule has 0 saturated carbocycles. The van der Waals surface area contributed by atoms with Crippen LogP contribution in [0.4, 0.5) is 0 Å². The minimum atomic E-state index is -0.736. The highest BCUT2D eigenvalue weighted by Crippen LogP contribution is 2.28. The number of ether oxygens (including phenoxy) is 2. The molecule has 25 heavy (non-hydrogen) atoms. The second kappa shape index (κ2) is 9.47. The van der Waals surface area contributed by atoms with Crippen LogP contribution in [0.5, 0.6) is 11.5 Å². The average molecular weight is 342 g/mol. The number of pyridine rings is 1.